The Labute approximate surface area is 129 Å². The van der Waals surface area contributed by atoms with Crippen LogP contribution in [0.2, 0.25) is 0 Å². The van der Waals surface area contributed by atoms with Crippen LogP contribution in [0.3, 0.4) is 0 Å². The van der Waals surface area contributed by atoms with E-state index in [2.05, 4.69) is 9.97 Å². The largest absolute Gasteiger partial charge is 0.444 e. The molecule has 0 aromatic carbocycles. The fraction of sp³-hybridized carbons (Fsp3) is 0.571. The molecule has 1 aliphatic heterocycles. The molecule has 1 aliphatic rings. The van der Waals surface area contributed by atoms with Gasteiger partial charge in [0.2, 0.25) is 0 Å². The molecule has 0 unspecified atom stereocenters. The number of nitrogen functional groups attached to an aromatic ring is 1. The lowest BCUT2D eigenvalue weighted by Crippen LogP contribution is -2.51. The summed E-state index contributed by atoms with van der Waals surface area (Å²) in [5.74, 6) is 0.0451. The van der Waals surface area contributed by atoms with Crippen LogP contribution in [-0.2, 0) is 4.74 Å². The van der Waals surface area contributed by atoms with E-state index in [0.29, 0.717) is 26.2 Å². The van der Waals surface area contributed by atoms with E-state index in [1.54, 1.807) is 9.80 Å². The first-order chi connectivity index (χ1) is 10.3. The molecule has 0 radical (unpaired) electrons. The maximum Gasteiger partial charge on any atom is 0.410 e. The second-order valence-corrected chi connectivity index (χ2v) is 6.09. The topological polar surface area (TPSA) is 102 Å². The molecule has 1 saturated heterocycles. The third-order valence-electron chi connectivity index (χ3n) is 3.13. The van der Waals surface area contributed by atoms with Gasteiger partial charge >= 0.3 is 6.09 Å². The maximum absolute atomic E-state index is 12.3. The number of nitrogens with two attached hydrogens (primary N) is 1. The van der Waals surface area contributed by atoms with Crippen LogP contribution in [0.25, 0.3) is 0 Å². The normalized spacial score (nSPS) is 15.6. The molecule has 1 aromatic heterocycles. The van der Waals surface area contributed by atoms with Gasteiger partial charge in [-0.15, -0.1) is 0 Å². The van der Waals surface area contributed by atoms with E-state index < -0.39 is 5.60 Å². The number of nitrogens with zero attached hydrogens (tertiary/aromatic N) is 4. The summed E-state index contributed by atoms with van der Waals surface area (Å²) < 4.78 is 5.32. The van der Waals surface area contributed by atoms with Gasteiger partial charge in [-0.05, 0) is 20.8 Å². The van der Waals surface area contributed by atoms with Gasteiger partial charge in [0, 0.05) is 32.2 Å². The van der Waals surface area contributed by atoms with Crippen LogP contribution in [0.15, 0.2) is 12.4 Å². The summed E-state index contributed by atoms with van der Waals surface area (Å²) in [5.41, 5.74) is 5.29. The third-order valence-corrected chi connectivity index (χ3v) is 3.13. The lowest BCUT2D eigenvalue weighted by atomic mass is 10.2. The zero-order chi connectivity index (χ0) is 16.3. The van der Waals surface area contributed by atoms with E-state index in [4.69, 9.17) is 10.5 Å². The summed E-state index contributed by atoms with van der Waals surface area (Å²) in [6.07, 6.45) is 0.908. The molecule has 2 amide bonds. The number of hydrogen-bond acceptors (Lipinski definition) is 6. The Morgan fingerprint density at radius 3 is 2.27 bits per heavy atom. The quantitative estimate of drug-likeness (QED) is 0.821. The van der Waals surface area contributed by atoms with E-state index in [1.807, 2.05) is 20.8 Å². The molecule has 0 aliphatic carbocycles. The van der Waals surface area contributed by atoms with Gasteiger partial charge < -0.3 is 20.3 Å². The molecular weight excluding hydrogens is 286 g/mol. The standard InChI is InChI=1S/C14H21N5O3/c1-14(2,3)22-13(21)19-6-4-18(5-7-19)12(20)10-8-11(15)17-9-16-10/h8-9H,4-7H2,1-3H3,(H2,15,16,17). The number of hydrogen-bond donors (Lipinski definition) is 1. The van der Waals surface area contributed by atoms with Gasteiger partial charge in [0.25, 0.3) is 5.91 Å². The summed E-state index contributed by atoms with van der Waals surface area (Å²) in [7, 11) is 0. The van der Waals surface area contributed by atoms with Gasteiger partial charge in [-0.2, -0.15) is 0 Å². The molecule has 0 atom stereocenters. The van der Waals surface area contributed by atoms with Gasteiger partial charge in [-0.25, -0.2) is 14.8 Å². The van der Waals surface area contributed by atoms with Crippen LogP contribution in [0, 0.1) is 0 Å². The summed E-state index contributed by atoms with van der Waals surface area (Å²) in [4.78, 5) is 35.2. The van der Waals surface area contributed by atoms with E-state index in [1.165, 1.54) is 12.4 Å². The first kappa shape index (κ1) is 16.0. The summed E-state index contributed by atoms with van der Waals surface area (Å²) in [6, 6.07) is 1.45. The van der Waals surface area contributed by atoms with Crippen molar-refractivity contribution in [2.75, 3.05) is 31.9 Å². The van der Waals surface area contributed by atoms with Crippen molar-refractivity contribution in [1.29, 1.82) is 0 Å². The third kappa shape index (κ3) is 4.06. The van der Waals surface area contributed by atoms with Crippen molar-refractivity contribution in [2.45, 2.75) is 26.4 Å². The second-order valence-electron chi connectivity index (χ2n) is 6.09. The Balaban J connectivity index is 1.92. The lowest BCUT2D eigenvalue weighted by Gasteiger charge is -2.35. The highest BCUT2D eigenvalue weighted by atomic mass is 16.6. The molecule has 2 N–H and O–H groups in total. The van der Waals surface area contributed by atoms with E-state index in [9.17, 15) is 9.59 Å². The number of carbonyl (C=O) groups is 2. The fourth-order valence-electron chi connectivity index (χ4n) is 2.07. The van der Waals surface area contributed by atoms with Gasteiger partial charge in [0.15, 0.2) is 0 Å². The zero-order valence-corrected chi connectivity index (χ0v) is 13.1. The highest BCUT2D eigenvalue weighted by Crippen LogP contribution is 2.13. The summed E-state index contributed by atoms with van der Waals surface area (Å²) in [5, 5.41) is 0. The molecule has 2 rings (SSSR count). The molecule has 120 valence electrons. The highest BCUT2D eigenvalue weighted by Gasteiger charge is 2.28. The summed E-state index contributed by atoms with van der Waals surface area (Å²) in [6.45, 7) is 7.20. The first-order valence-electron chi connectivity index (χ1n) is 7.11. The molecule has 1 fully saturated rings. The fourth-order valence-corrected chi connectivity index (χ4v) is 2.07. The molecule has 8 heteroatoms. The number of rotatable bonds is 1. The van der Waals surface area contributed by atoms with Gasteiger partial charge in [0.05, 0.1) is 0 Å². The number of piperazine rings is 1. The Morgan fingerprint density at radius 1 is 1.14 bits per heavy atom. The first-order valence-corrected chi connectivity index (χ1v) is 7.11. The van der Waals surface area contributed by atoms with Crippen LogP contribution in [0.5, 0.6) is 0 Å². The minimum Gasteiger partial charge on any atom is -0.444 e. The van der Waals surface area contributed by atoms with Gasteiger partial charge in [0.1, 0.15) is 23.4 Å². The Morgan fingerprint density at radius 2 is 1.73 bits per heavy atom. The molecule has 8 nitrogen and oxygen atoms in total. The Bertz CT molecular complexity index is 562. The minimum absolute atomic E-state index is 0.210. The van der Waals surface area contributed by atoms with Crippen molar-refractivity contribution >= 4 is 17.8 Å². The second kappa shape index (κ2) is 6.17. The minimum atomic E-state index is -0.525. The van der Waals surface area contributed by atoms with Gasteiger partial charge in [-0.1, -0.05) is 0 Å². The number of aromatic nitrogens is 2. The SMILES string of the molecule is CC(C)(C)OC(=O)N1CCN(C(=O)c2cc(N)ncn2)CC1. The number of anilines is 1. The van der Waals surface area contributed by atoms with Crippen molar-refractivity contribution in [1.82, 2.24) is 19.8 Å². The average molecular weight is 307 g/mol. The van der Waals surface area contributed by atoms with Gasteiger partial charge in [-0.3, -0.25) is 4.79 Å². The van der Waals surface area contributed by atoms with Crippen LogP contribution < -0.4 is 5.73 Å². The maximum atomic E-state index is 12.3. The van der Waals surface area contributed by atoms with Crippen LogP contribution >= 0.6 is 0 Å². The van der Waals surface area contributed by atoms with Crippen LogP contribution in [0.1, 0.15) is 31.3 Å². The number of ether oxygens (including phenoxy) is 1. The van der Waals surface area contributed by atoms with Crippen molar-refractivity contribution in [3.8, 4) is 0 Å². The average Bonchev–Trinajstić information content (AvgIpc) is 2.45. The Kier molecular flexibility index (Phi) is 4.48. The smallest absolute Gasteiger partial charge is 0.410 e. The highest BCUT2D eigenvalue weighted by molar-refractivity contribution is 5.93. The molecule has 0 saturated carbocycles. The number of amides is 2. The van der Waals surface area contributed by atoms with Crippen LogP contribution in [-0.4, -0.2) is 63.5 Å². The number of carbonyl (C=O) groups excluding carboxylic acids is 2. The Hall–Kier alpha value is -2.38. The van der Waals surface area contributed by atoms with Crippen molar-refractivity contribution in [3.05, 3.63) is 18.1 Å². The van der Waals surface area contributed by atoms with Crippen molar-refractivity contribution in [3.63, 3.8) is 0 Å². The predicted molar refractivity (Wildman–Crippen MR) is 80.2 cm³/mol. The summed E-state index contributed by atoms with van der Waals surface area (Å²) >= 11 is 0. The molecule has 1 aromatic rings. The van der Waals surface area contributed by atoms with Crippen molar-refractivity contribution in [2.24, 2.45) is 0 Å². The van der Waals surface area contributed by atoms with E-state index >= 15 is 0 Å². The van der Waals surface area contributed by atoms with Crippen LogP contribution in [0.4, 0.5) is 10.6 Å². The predicted octanol–water partition coefficient (Wildman–Crippen LogP) is 0.752. The van der Waals surface area contributed by atoms with E-state index in [-0.39, 0.29) is 23.5 Å². The molecular formula is C14H21N5O3. The lowest BCUT2D eigenvalue weighted by molar-refractivity contribution is 0.0140. The van der Waals surface area contributed by atoms with E-state index in [0.717, 1.165) is 0 Å². The molecule has 0 bridgehead atoms. The molecule has 0 spiro atoms. The molecule has 2 heterocycles. The zero-order valence-electron chi connectivity index (χ0n) is 13.1. The monoisotopic (exact) mass is 307 g/mol. The van der Waals surface area contributed by atoms with Crippen molar-refractivity contribution < 1.29 is 14.3 Å². The molecule has 22 heavy (non-hydrogen) atoms.